The number of halogens is 18. The minimum atomic E-state index is -5.42. The van der Waals surface area contributed by atoms with Gasteiger partial charge >= 0.3 is 37.1 Å². The number of aliphatic hydroxyl groups is 3. The number of hydrogen-bond donors (Lipinski definition) is 3. The largest absolute Gasteiger partial charge is 0.504 e. The zero-order valence-electron chi connectivity index (χ0n) is 17.6. The Morgan fingerprint density at radius 2 is 0.475 bits per heavy atom. The molecule has 25 heteroatoms. The number of aliphatic hydroxyl groups excluding tert-OH is 3. The number of ketones is 3. The quantitative estimate of drug-likeness (QED) is 0.175. The molecule has 6 nitrogen and oxygen atoms in total. The van der Waals surface area contributed by atoms with Crippen LogP contribution in [0.4, 0.5) is 79.0 Å². The van der Waals surface area contributed by atoms with Gasteiger partial charge in [0.25, 0.3) is 17.3 Å². The van der Waals surface area contributed by atoms with Crippen LogP contribution in [0.15, 0.2) is 35.5 Å². The Hall–Kier alpha value is -2.25. The maximum Gasteiger partial charge on any atom is 0.454 e. The molecule has 0 aromatic heterocycles. The molecule has 0 bridgehead atoms. The van der Waals surface area contributed by atoms with E-state index < -0.39 is 89.9 Å². The van der Waals surface area contributed by atoms with Crippen LogP contribution in [-0.4, -0.2) is 69.7 Å². The summed E-state index contributed by atoms with van der Waals surface area (Å²) in [6, 6.07) is 0. The van der Waals surface area contributed by atoms with Crippen molar-refractivity contribution < 1.29 is 150 Å². The van der Waals surface area contributed by atoms with Gasteiger partial charge in [-0.25, -0.2) is 0 Å². The van der Waals surface area contributed by atoms with Crippen LogP contribution in [0.3, 0.4) is 0 Å². The fourth-order valence-electron chi connectivity index (χ4n) is 0.864. The smallest absolute Gasteiger partial charge is 0.454 e. The van der Waals surface area contributed by atoms with Crippen molar-refractivity contribution in [3.63, 3.8) is 0 Å². The molecule has 3 N–H and O–H groups in total. The maximum atomic E-state index is 11.4. The van der Waals surface area contributed by atoms with Gasteiger partial charge in [0.1, 0.15) is 0 Å². The molecule has 0 aliphatic carbocycles. The van der Waals surface area contributed by atoms with Crippen molar-refractivity contribution in [2.45, 2.75) is 37.1 Å². The van der Waals surface area contributed by atoms with Gasteiger partial charge in [-0.2, -0.15) is 79.0 Å². The summed E-state index contributed by atoms with van der Waals surface area (Å²) in [7, 11) is 0. The van der Waals surface area contributed by atoms with Crippen LogP contribution in [0.1, 0.15) is 0 Å². The summed E-state index contributed by atoms with van der Waals surface area (Å²) in [6.07, 6.45) is -35.0. The molecule has 0 atom stereocenters. The molecule has 0 radical (unpaired) electrons. The van der Waals surface area contributed by atoms with Gasteiger partial charge in [-0.05, 0) is 0 Å². The molecule has 0 amide bonds. The Bertz CT molecular complexity index is 834. The van der Waals surface area contributed by atoms with Crippen LogP contribution in [0, 0.1) is 41.7 Å². The van der Waals surface area contributed by atoms with Crippen LogP contribution in [0.25, 0.3) is 0 Å². The monoisotopic (exact) mass is 764 g/mol. The van der Waals surface area contributed by atoms with Gasteiger partial charge in [0, 0.05) is 60.0 Å². The molecule has 0 saturated heterocycles. The molecule has 0 aliphatic heterocycles. The van der Waals surface area contributed by atoms with Crippen molar-refractivity contribution in [3.05, 3.63) is 35.5 Å². The maximum absolute atomic E-state index is 11.4. The summed E-state index contributed by atoms with van der Waals surface area (Å²) < 4.78 is 204. The van der Waals surface area contributed by atoms with Gasteiger partial charge < -0.3 is 15.3 Å². The number of alkyl halides is 18. The van der Waals surface area contributed by atoms with E-state index in [2.05, 4.69) is 0 Å². The van der Waals surface area contributed by atoms with E-state index in [1.165, 1.54) is 0 Å². The van der Waals surface area contributed by atoms with E-state index in [9.17, 15) is 93.4 Å². The van der Waals surface area contributed by atoms with E-state index in [0.29, 0.717) is 0 Å². The third-order valence-corrected chi connectivity index (χ3v) is 2.51. The Labute approximate surface area is 240 Å². The zero-order chi connectivity index (χ0) is 32.6. The third kappa shape index (κ3) is 20.6. The predicted molar refractivity (Wildman–Crippen MR) is 83.5 cm³/mol. The normalized spacial score (nSPS) is 14.1. The van der Waals surface area contributed by atoms with Crippen molar-refractivity contribution in [1.82, 2.24) is 0 Å². The van der Waals surface area contributed by atoms with Gasteiger partial charge in [0.15, 0.2) is 0 Å². The van der Waals surface area contributed by atoms with E-state index >= 15 is 0 Å². The number of rotatable bonds is 3. The summed E-state index contributed by atoms with van der Waals surface area (Å²) in [6.45, 7) is 0. The first-order valence-corrected chi connectivity index (χ1v) is 7.92. The number of allylic oxidation sites excluding steroid dienone is 6. The zero-order valence-corrected chi connectivity index (χ0v) is 20.7. The molecule has 0 aromatic carbocycles. The minimum Gasteiger partial charge on any atom is -0.504 e. The fourth-order valence-corrected chi connectivity index (χ4v) is 0.864. The first-order chi connectivity index (χ1) is 16.6. The minimum absolute atomic E-state index is 0. The molecule has 40 heavy (non-hydrogen) atoms. The topological polar surface area (TPSA) is 112 Å². The van der Waals surface area contributed by atoms with Crippen LogP contribution in [0.2, 0.25) is 0 Å². The average molecular weight is 764 g/mol. The first-order valence-electron chi connectivity index (χ1n) is 7.92. The second kappa shape index (κ2) is 15.7. The molecule has 0 spiro atoms. The van der Waals surface area contributed by atoms with Crippen molar-refractivity contribution >= 4 is 17.3 Å². The predicted octanol–water partition coefficient (Wildman–Crippen LogP) is 6.37. The molecule has 0 fully saturated rings. The third-order valence-electron chi connectivity index (χ3n) is 2.51. The molecule has 0 saturated carbocycles. The molecular formula is C15H6CeF18O6. The number of carbonyl (C=O) groups is 3. The molecule has 0 aromatic rings. The van der Waals surface area contributed by atoms with Crippen LogP contribution < -0.4 is 0 Å². The van der Waals surface area contributed by atoms with Crippen molar-refractivity contribution in [3.8, 4) is 0 Å². The second-order valence-corrected chi connectivity index (χ2v) is 5.67. The van der Waals surface area contributed by atoms with E-state index in [4.69, 9.17) is 15.3 Å². The summed E-state index contributed by atoms with van der Waals surface area (Å²) >= 11 is 0. The molecule has 0 aliphatic rings. The Balaban J connectivity index is -0.000000240. The number of hydrogen-bond acceptors (Lipinski definition) is 6. The Kier molecular flexibility index (Phi) is 17.5. The van der Waals surface area contributed by atoms with Gasteiger partial charge in [-0.1, -0.05) is 0 Å². The van der Waals surface area contributed by atoms with Gasteiger partial charge in [0.2, 0.25) is 17.3 Å². The van der Waals surface area contributed by atoms with E-state index in [0.717, 1.165) is 0 Å². The average Bonchev–Trinajstić information content (AvgIpc) is 2.64. The van der Waals surface area contributed by atoms with Crippen LogP contribution in [0.5, 0.6) is 0 Å². The van der Waals surface area contributed by atoms with Gasteiger partial charge in [-0.3, -0.25) is 14.4 Å². The summed E-state index contributed by atoms with van der Waals surface area (Å²) in [5.41, 5.74) is 0. The van der Waals surface area contributed by atoms with Crippen LogP contribution in [-0.2, 0) is 14.4 Å². The Morgan fingerprint density at radius 1 is 0.350 bits per heavy atom. The van der Waals surface area contributed by atoms with Crippen LogP contribution >= 0.6 is 0 Å². The molecule has 0 rings (SSSR count). The van der Waals surface area contributed by atoms with Gasteiger partial charge in [-0.15, -0.1) is 0 Å². The molecule has 0 unspecified atom stereocenters. The van der Waals surface area contributed by atoms with Gasteiger partial charge in [0.05, 0.1) is 0 Å². The fraction of sp³-hybridized carbons (Fsp3) is 0.400. The summed E-state index contributed by atoms with van der Waals surface area (Å²) in [5, 5.41) is 23.8. The standard InChI is InChI=1S/3C5H2F6O2.Ce/c3*6-4(7,8)2(12)1-3(13)5(9,10)11;/h3*1,12H;/b3*2-1-;. The summed E-state index contributed by atoms with van der Waals surface area (Å²) in [5.74, 6) is -16.0. The van der Waals surface area contributed by atoms with Crippen molar-refractivity contribution in [2.24, 2.45) is 0 Å². The van der Waals surface area contributed by atoms with E-state index in [1.54, 1.807) is 0 Å². The Morgan fingerprint density at radius 3 is 0.550 bits per heavy atom. The van der Waals surface area contributed by atoms with E-state index in [-0.39, 0.29) is 41.7 Å². The summed E-state index contributed by atoms with van der Waals surface area (Å²) in [4.78, 5) is 29.6. The number of carbonyl (C=O) groups excluding carboxylic acids is 3. The first kappa shape index (κ1) is 44.8. The second-order valence-electron chi connectivity index (χ2n) is 5.67. The van der Waals surface area contributed by atoms with E-state index in [1.807, 2.05) is 0 Å². The molecule has 0 heterocycles. The molecule has 232 valence electrons. The van der Waals surface area contributed by atoms with Crippen molar-refractivity contribution in [1.29, 1.82) is 0 Å². The SMILES string of the molecule is O=C(/C=C(\O)C(F)(F)F)C(F)(F)F.O=C(/C=C(\O)C(F)(F)F)C(F)(F)F.O=C(/C=C(\O)C(F)(F)F)C(F)(F)F.[Ce]. The molecular weight excluding hydrogens is 758 g/mol. The van der Waals surface area contributed by atoms with Crippen molar-refractivity contribution in [2.75, 3.05) is 0 Å².